The third-order valence-electron chi connectivity index (χ3n) is 4.32. The van der Waals surface area contributed by atoms with Gasteiger partial charge in [-0.05, 0) is 40.2 Å². The van der Waals surface area contributed by atoms with Crippen molar-refractivity contribution in [1.82, 2.24) is 9.88 Å². The van der Waals surface area contributed by atoms with Crippen LogP contribution in [0.15, 0.2) is 6.20 Å². The number of aryl methyl sites for hydroxylation is 1. The number of aliphatic hydroxyl groups is 1. The summed E-state index contributed by atoms with van der Waals surface area (Å²) in [6.07, 6.45) is 5.06. The van der Waals surface area contributed by atoms with Crippen LogP contribution in [0.25, 0.3) is 0 Å². The first kappa shape index (κ1) is 15.3. The lowest BCUT2D eigenvalue weighted by Crippen LogP contribution is -2.45. The van der Waals surface area contributed by atoms with Crippen molar-refractivity contribution in [3.05, 3.63) is 23.0 Å². The Morgan fingerprint density at radius 1 is 1.45 bits per heavy atom. The summed E-state index contributed by atoms with van der Waals surface area (Å²) in [5, 5.41) is 9.95. The quantitative estimate of drug-likeness (QED) is 0.919. The van der Waals surface area contributed by atoms with E-state index < -0.39 is 0 Å². The minimum absolute atomic E-state index is 0.247. The number of aliphatic hydroxyl groups excluding tert-OH is 1. The van der Waals surface area contributed by atoms with E-state index in [1.165, 1.54) is 12.8 Å². The molecule has 0 aromatic carbocycles. The number of likely N-dealkylation sites (tertiary alicyclic amines) is 1. The van der Waals surface area contributed by atoms with Gasteiger partial charge in [-0.15, -0.1) is 0 Å². The molecule has 0 amide bonds. The van der Waals surface area contributed by atoms with Crippen LogP contribution in [0.4, 0.5) is 0 Å². The van der Waals surface area contributed by atoms with E-state index in [0.29, 0.717) is 0 Å². The Balaban J connectivity index is 2.20. The number of pyridine rings is 1. The molecule has 1 saturated heterocycles. The first-order valence-electron chi connectivity index (χ1n) is 7.45. The molecule has 1 N–H and O–H groups in total. The molecule has 0 saturated carbocycles. The van der Waals surface area contributed by atoms with Crippen molar-refractivity contribution < 1.29 is 9.84 Å². The Hall–Kier alpha value is -1.13. The maximum absolute atomic E-state index is 9.95. The van der Waals surface area contributed by atoms with Gasteiger partial charge in [0.2, 0.25) is 0 Å². The van der Waals surface area contributed by atoms with Crippen LogP contribution < -0.4 is 4.74 Å². The maximum Gasteiger partial charge on any atom is 0.128 e. The van der Waals surface area contributed by atoms with Crippen LogP contribution in [-0.4, -0.2) is 40.8 Å². The molecule has 1 aliphatic rings. The largest absolute Gasteiger partial charge is 0.496 e. The van der Waals surface area contributed by atoms with Crippen LogP contribution in [-0.2, 0) is 6.54 Å². The summed E-state index contributed by atoms with van der Waals surface area (Å²) in [5.74, 6) is 0.931. The molecule has 2 rings (SSSR count). The molecular formula is C16H26N2O2. The molecule has 2 atom stereocenters. The molecule has 2 heterocycles. The minimum atomic E-state index is -0.289. The SMILES string of the molecule is COc1c(C)cnc(CN2CCCC[C@@H]2[C@H](C)O)c1C. The minimum Gasteiger partial charge on any atom is -0.496 e. The monoisotopic (exact) mass is 278 g/mol. The van der Waals surface area contributed by atoms with E-state index in [9.17, 15) is 5.11 Å². The number of hydrogen-bond acceptors (Lipinski definition) is 4. The fourth-order valence-electron chi connectivity index (χ4n) is 3.18. The van der Waals surface area contributed by atoms with Crippen LogP contribution in [0.2, 0.25) is 0 Å². The van der Waals surface area contributed by atoms with Gasteiger partial charge in [-0.25, -0.2) is 0 Å². The van der Waals surface area contributed by atoms with Crippen molar-refractivity contribution in [2.24, 2.45) is 0 Å². The zero-order valence-electron chi connectivity index (χ0n) is 13.0. The fraction of sp³-hybridized carbons (Fsp3) is 0.688. The second kappa shape index (κ2) is 6.55. The van der Waals surface area contributed by atoms with Crippen LogP contribution in [0.1, 0.15) is 43.0 Å². The van der Waals surface area contributed by atoms with Crippen LogP contribution in [0, 0.1) is 13.8 Å². The number of aromatic nitrogens is 1. The highest BCUT2D eigenvalue weighted by molar-refractivity contribution is 5.41. The molecule has 4 nitrogen and oxygen atoms in total. The van der Waals surface area contributed by atoms with Crippen LogP contribution >= 0.6 is 0 Å². The van der Waals surface area contributed by atoms with Gasteiger partial charge >= 0.3 is 0 Å². The lowest BCUT2D eigenvalue weighted by atomic mass is 9.97. The zero-order chi connectivity index (χ0) is 14.7. The number of piperidine rings is 1. The Kier molecular flexibility index (Phi) is 5.00. The number of nitrogens with zero attached hydrogens (tertiary/aromatic N) is 2. The van der Waals surface area contributed by atoms with Gasteiger partial charge in [0.25, 0.3) is 0 Å². The highest BCUT2D eigenvalue weighted by atomic mass is 16.5. The van der Waals surface area contributed by atoms with E-state index in [2.05, 4.69) is 16.8 Å². The van der Waals surface area contributed by atoms with Crippen molar-refractivity contribution in [3.63, 3.8) is 0 Å². The third kappa shape index (κ3) is 3.13. The summed E-state index contributed by atoms with van der Waals surface area (Å²) < 4.78 is 5.47. The van der Waals surface area contributed by atoms with Crippen molar-refractivity contribution in [3.8, 4) is 5.75 Å². The van der Waals surface area contributed by atoms with Gasteiger partial charge in [0.15, 0.2) is 0 Å². The van der Waals surface area contributed by atoms with E-state index in [4.69, 9.17) is 4.74 Å². The molecule has 1 fully saturated rings. The Morgan fingerprint density at radius 3 is 2.85 bits per heavy atom. The second-order valence-electron chi connectivity index (χ2n) is 5.82. The molecule has 1 aromatic heterocycles. The topological polar surface area (TPSA) is 45.6 Å². The Labute approximate surface area is 121 Å². The summed E-state index contributed by atoms with van der Waals surface area (Å²) in [6.45, 7) is 7.79. The Morgan fingerprint density at radius 2 is 2.20 bits per heavy atom. The average Bonchev–Trinajstić information content (AvgIpc) is 2.43. The number of rotatable bonds is 4. The molecule has 0 radical (unpaired) electrons. The predicted octanol–water partition coefficient (Wildman–Crippen LogP) is 2.44. The number of methoxy groups -OCH3 is 1. The van der Waals surface area contributed by atoms with E-state index in [0.717, 1.165) is 42.1 Å². The lowest BCUT2D eigenvalue weighted by molar-refractivity contribution is 0.0308. The lowest BCUT2D eigenvalue weighted by Gasteiger charge is -2.37. The third-order valence-corrected chi connectivity index (χ3v) is 4.32. The fourth-order valence-corrected chi connectivity index (χ4v) is 3.18. The van der Waals surface area contributed by atoms with Gasteiger partial charge in [-0.2, -0.15) is 0 Å². The van der Waals surface area contributed by atoms with Gasteiger partial charge in [-0.1, -0.05) is 6.42 Å². The van der Waals surface area contributed by atoms with Gasteiger partial charge < -0.3 is 9.84 Å². The second-order valence-corrected chi connectivity index (χ2v) is 5.82. The maximum atomic E-state index is 9.95. The predicted molar refractivity (Wildman–Crippen MR) is 80.0 cm³/mol. The highest BCUT2D eigenvalue weighted by Gasteiger charge is 2.27. The van der Waals surface area contributed by atoms with E-state index in [1.54, 1.807) is 7.11 Å². The molecule has 0 spiro atoms. The first-order valence-corrected chi connectivity index (χ1v) is 7.45. The average molecular weight is 278 g/mol. The van der Waals surface area contributed by atoms with Crippen molar-refractivity contribution in [2.75, 3.05) is 13.7 Å². The van der Waals surface area contributed by atoms with Crippen LogP contribution in [0.5, 0.6) is 5.75 Å². The molecule has 4 heteroatoms. The normalized spacial score (nSPS) is 21.8. The molecule has 0 aliphatic carbocycles. The van der Waals surface area contributed by atoms with Gasteiger partial charge in [-0.3, -0.25) is 9.88 Å². The molecule has 20 heavy (non-hydrogen) atoms. The molecule has 112 valence electrons. The summed E-state index contributed by atoms with van der Waals surface area (Å²) in [4.78, 5) is 6.93. The Bertz CT molecular complexity index is 460. The van der Waals surface area contributed by atoms with E-state index >= 15 is 0 Å². The molecule has 1 aliphatic heterocycles. The number of ether oxygens (including phenoxy) is 1. The van der Waals surface area contributed by atoms with Gasteiger partial charge in [0, 0.05) is 29.9 Å². The number of hydrogen-bond donors (Lipinski definition) is 1. The van der Waals surface area contributed by atoms with Crippen molar-refractivity contribution in [1.29, 1.82) is 0 Å². The standard InChI is InChI=1S/C16H26N2O2/c1-11-9-17-14(12(2)16(11)20-4)10-18-8-6-5-7-15(18)13(3)19/h9,13,15,19H,5-8,10H2,1-4H3/t13-,15+/m0/s1. The molecule has 1 aromatic rings. The highest BCUT2D eigenvalue weighted by Crippen LogP contribution is 2.27. The molecule has 0 unspecified atom stereocenters. The van der Waals surface area contributed by atoms with Crippen molar-refractivity contribution >= 4 is 0 Å². The summed E-state index contributed by atoms with van der Waals surface area (Å²) in [7, 11) is 1.71. The summed E-state index contributed by atoms with van der Waals surface area (Å²) in [6, 6.07) is 0.247. The van der Waals surface area contributed by atoms with E-state index in [-0.39, 0.29) is 12.1 Å². The van der Waals surface area contributed by atoms with Gasteiger partial charge in [0.1, 0.15) is 5.75 Å². The first-order chi connectivity index (χ1) is 9.54. The van der Waals surface area contributed by atoms with E-state index in [1.807, 2.05) is 20.0 Å². The van der Waals surface area contributed by atoms with Crippen molar-refractivity contribution in [2.45, 2.75) is 58.7 Å². The van der Waals surface area contributed by atoms with Crippen LogP contribution in [0.3, 0.4) is 0 Å². The summed E-state index contributed by atoms with van der Waals surface area (Å²) >= 11 is 0. The molecular weight excluding hydrogens is 252 g/mol. The zero-order valence-corrected chi connectivity index (χ0v) is 13.0. The summed E-state index contributed by atoms with van der Waals surface area (Å²) in [5.41, 5.74) is 3.24. The van der Waals surface area contributed by atoms with Gasteiger partial charge in [0.05, 0.1) is 18.9 Å². The smallest absolute Gasteiger partial charge is 0.128 e. The molecule has 0 bridgehead atoms.